The molecular formula is C18H16F3NO. The first-order valence-corrected chi connectivity index (χ1v) is 7.51. The molecule has 0 aliphatic heterocycles. The fraction of sp³-hybridized carbons (Fsp3) is 0.278. The van der Waals surface area contributed by atoms with Crippen molar-refractivity contribution in [2.24, 2.45) is 0 Å². The number of hydrogen-bond donors (Lipinski definition) is 1. The Morgan fingerprint density at radius 2 is 1.87 bits per heavy atom. The van der Waals surface area contributed by atoms with E-state index in [1.165, 1.54) is 17.7 Å². The summed E-state index contributed by atoms with van der Waals surface area (Å²) in [6, 6.07) is 12.2. The molecule has 5 heteroatoms. The highest BCUT2D eigenvalue weighted by Crippen LogP contribution is 2.31. The van der Waals surface area contributed by atoms with Crippen molar-refractivity contribution in [3.05, 3.63) is 70.8 Å². The van der Waals surface area contributed by atoms with Gasteiger partial charge in [-0.05, 0) is 48.6 Å². The molecule has 0 unspecified atom stereocenters. The van der Waals surface area contributed by atoms with Crippen LogP contribution in [-0.4, -0.2) is 5.91 Å². The number of carbonyl (C=O) groups is 1. The average Bonchev–Trinajstić information content (AvgIpc) is 2.54. The van der Waals surface area contributed by atoms with E-state index in [9.17, 15) is 18.0 Å². The van der Waals surface area contributed by atoms with E-state index in [-0.39, 0.29) is 11.6 Å². The summed E-state index contributed by atoms with van der Waals surface area (Å²) in [5, 5.41) is 2.86. The van der Waals surface area contributed by atoms with Gasteiger partial charge in [0.25, 0.3) is 5.91 Å². The van der Waals surface area contributed by atoms with Gasteiger partial charge in [-0.15, -0.1) is 0 Å². The predicted molar refractivity (Wildman–Crippen MR) is 81.0 cm³/mol. The van der Waals surface area contributed by atoms with Crippen LogP contribution in [0.1, 0.15) is 45.9 Å². The standard InChI is InChI=1S/C18H16F3NO/c19-18(20,21)14-8-3-7-13(11-14)17(23)22-16-10-4-6-12-5-1-2-9-15(12)16/h1-3,5,7-9,11,16H,4,6,10H2,(H,22,23)/t16-/m1/s1. The van der Waals surface area contributed by atoms with Crippen molar-refractivity contribution in [3.8, 4) is 0 Å². The zero-order valence-electron chi connectivity index (χ0n) is 12.4. The summed E-state index contributed by atoms with van der Waals surface area (Å²) in [5.41, 5.74) is 1.46. The van der Waals surface area contributed by atoms with Crippen molar-refractivity contribution in [2.45, 2.75) is 31.5 Å². The molecule has 3 rings (SSSR count). The molecule has 1 atom stereocenters. The molecule has 1 N–H and O–H groups in total. The van der Waals surface area contributed by atoms with Crippen LogP contribution in [-0.2, 0) is 12.6 Å². The van der Waals surface area contributed by atoms with Gasteiger partial charge in [0.05, 0.1) is 11.6 Å². The first-order chi connectivity index (χ1) is 10.9. The highest BCUT2D eigenvalue weighted by Gasteiger charge is 2.31. The second-order valence-electron chi connectivity index (χ2n) is 5.70. The number of benzene rings is 2. The fourth-order valence-electron chi connectivity index (χ4n) is 2.98. The number of nitrogens with one attached hydrogen (secondary N) is 1. The Balaban J connectivity index is 1.81. The lowest BCUT2D eigenvalue weighted by molar-refractivity contribution is -0.137. The Bertz CT molecular complexity index is 724. The van der Waals surface area contributed by atoms with Gasteiger partial charge in [-0.25, -0.2) is 0 Å². The predicted octanol–water partition coefficient (Wildman–Crippen LogP) is 4.51. The minimum Gasteiger partial charge on any atom is -0.345 e. The maximum absolute atomic E-state index is 12.8. The molecule has 2 aromatic carbocycles. The van der Waals surface area contributed by atoms with E-state index in [0.29, 0.717) is 0 Å². The Kier molecular flexibility index (Phi) is 4.11. The largest absolute Gasteiger partial charge is 0.416 e. The molecule has 0 saturated heterocycles. The first-order valence-electron chi connectivity index (χ1n) is 7.51. The minimum absolute atomic E-state index is 0.0304. The van der Waals surface area contributed by atoms with Crippen molar-refractivity contribution in [2.75, 3.05) is 0 Å². The lowest BCUT2D eigenvalue weighted by Crippen LogP contribution is -2.31. The third-order valence-electron chi connectivity index (χ3n) is 4.13. The van der Waals surface area contributed by atoms with Crippen LogP contribution in [0.25, 0.3) is 0 Å². The molecule has 1 aliphatic carbocycles. The number of carbonyl (C=O) groups excluding carboxylic acids is 1. The number of hydrogen-bond acceptors (Lipinski definition) is 1. The van der Waals surface area contributed by atoms with E-state index < -0.39 is 17.6 Å². The van der Waals surface area contributed by atoms with Crippen molar-refractivity contribution >= 4 is 5.91 Å². The van der Waals surface area contributed by atoms with Gasteiger partial charge >= 0.3 is 6.18 Å². The molecule has 1 amide bonds. The van der Waals surface area contributed by atoms with E-state index in [1.807, 2.05) is 24.3 Å². The van der Waals surface area contributed by atoms with Gasteiger partial charge in [0.15, 0.2) is 0 Å². The molecule has 0 saturated carbocycles. The van der Waals surface area contributed by atoms with Crippen LogP contribution >= 0.6 is 0 Å². The number of fused-ring (bicyclic) bond motifs is 1. The van der Waals surface area contributed by atoms with E-state index in [1.54, 1.807) is 0 Å². The van der Waals surface area contributed by atoms with E-state index >= 15 is 0 Å². The Hall–Kier alpha value is -2.30. The molecule has 0 fully saturated rings. The Morgan fingerprint density at radius 3 is 2.65 bits per heavy atom. The monoisotopic (exact) mass is 319 g/mol. The van der Waals surface area contributed by atoms with Gasteiger partial charge in [-0.3, -0.25) is 4.79 Å². The molecule has 23 heavy (non-hydrogen) atoms. The summed E-state index contributed by atoms with van der Waals surface area (Å²) >= 11 is 0. The van der Waals surface area contributed by atoms with Gasteiger partial charge in [-0.2, -0.15) is 13.2 Å². The lowest BCUT2D eigenvalue weighted by Gasteiger charge is -2.26. The molecule has 2 nitrogen and oxygen atoms in total. The van der Waals surface area contributed by atoms with Crippen LogP contribution in [0, 0.1) is 0 Å². The van der Waals surface area contributed by atoms with Crippen LogP contribution in [0.3, 0.4) is 0 Å². The Morgan fingerprint density at radius 1 is 1.09 bits per heavy atom. The van der Waals surface area contributed by atoms with Crippen molar-refractivity contribution in [1.82, 2.24) is 5.32 Å². The van der Waals surface area contributed by atoms with Gasteiger partial charge in [0.2, 0.25) is 0 Å². The van der Waals surface area contributed by atoms with Gasteiger partial charge in [-0.1, -0.05) is 30.3 Å². The van der Waals surface area contributed by atoms with Crippen LogP contribution in [0.15, 0.2) is 48.5 Å². The molecule has 2 aromatic rings. The highest BCUT2D eigenvalue weighted by molar-refractivity contribution is 5.94. The quantitative estimate of drug-likeness (QED) is 0.867. The Labute approximate surface area is 132 Å². The van der Waals surface area contributed by atoms with Crippen LogP contribution < -0.4 is 5.32 Å². The van der Waals surface area contributed by atoms with Gasteiger partial charge in [0.1, 0.15) is 0 Å². The number of rotatable bonds is 2. The van der Waals surface area contributed by atoms with Gasteiger partial charge in [0, 0.05) is 5.56 Å². The smallest absolute Gasteiger partial charge is 0.345 e. The summed E-state index contributed by atoms with van der Waals surface area (Å²) in [6.45, 7) is 0. The third kappa shape index (κ3) is 3.38. The second kappa shape index (κ2) is 6.07. The lowest BCUT2D eigenvalue weighted by atomic mass is 9.87. The summed E-state index contributed by atoms with van der Waals surface area (Å²) in [4.78, 5) is 12.3. The first kappa shape index (κ1) is 15.6. The molecule has 0 aromatic heterocycles. The molecule has 0 radical (unpaired) electrons. The van der Waals surface area contributed by atoms with E-state index in [4.69, 9.17) is 0 Å². The van der Waals surface area contributed by atoms with Crippen molar-refractivity contribution in [3.63, 3.8) is 0 Å². The average molecular weight is 319 g/mol. The summed E-state index contributed by atoms with van der Waals surface area (Å²) in [7, 11) is 0. The van der Waals surface area contributed by atoms with E-state index in [0.717, 1.165) is 37.0 Å². The molecular weight excluding hydrogens is 303 g/mol. The highest BCUT2D eigenvalue weighted by atomic mass is 19.4. The van der Waals surface area contributed by atoms with Gasteiger partial charge < -0.3 is 5.32 Å². The summed E-state index contributed by atoms with van der Waals surface area (Å²) in [5.74, 6) is -0.474. The topological polar surface area (TPSA) is 29.1 Å². The number of aryl methyl sites for hydroxylation is 1. The normalized spacial score (nSPS) is 17.4. The SMILES string of the molecule is O=C(N[C@@H]1CCCc2ccccc21)c1cccc(C(F)(F)F)c1. The molecule has 0 heterocycles. The fourth-order valence-corrected chi connectivity index (χ4v) is 2.98. The zero-order valence-corrected chi connectivity index (χ0v) is 12.4. The third-order valence-corrected chi connectivity index (χ3v) is 4.13. The molecule has 1 aliphatic rings. The number of alkyl halides is 3. The molecule has 0 spiro atoms. The maximum Gasteiger partial charge on any atom is 0.416 e. The molecule has 120 valence electrons. The van der Waals surface area contributed by atoms with Crippen molar-refractivity contribution < 1.29 is 18.0 Å². The van der Waals surface area contributed by atoms with Crippen molar-refractivity contribution in [1.29, 1.82) is 0 Å². The summed E-state index contributed by atoms with van der Waals surface area (Å²) in [6.07, 6.45) is -1.74. The summed E-state index contributed by atoms with van der Waals surface area (Å²) < 4.78 is 38.3. The minimum atomic E-state index is -4.45. The van der Waals surface area contributed by atoms with Crippen LogP contribution in [0.5, 0.6) is 0 Å². The zero-order chi connectivity index (χ0) is 16.4. The maximum atomic E-state index is 12.8. The van der Waals surface area contributed by atoms with Crippen LogP contribution in [0.2, 0.25) is 0 Å². The second-order valence-corrected chi connectivity index (χ2v) is 5.70. The van der Waals surface area contributed by atoms with E-state index in [2.05, 4.69) is 5.32 Å². The number of halogens is 3. The number of amides is 1. The molecule has 0 bridgehead atoms. The van der Waals surface area contributed by atoms with Crippen LogP contribution in [0.4, 0.5) is 13.2 Å².